The molecule has 11 heavy (non-hydrogen) atoms. The fourth-order valence-electron chi connectivity index (χ4n) is 1.13. The van der Waals surface area contributed by atoms with E-state index in [0.717, 1.165) is 19.4 Å². The first-order valence-electron chi connectivity index (χ1n) is 4.34. The maximum atomic E-state index is 5.61. The SMILES string of the molecule is CC.COC1CCNC(N)C1. The van der Waals surface area contributed by atoms with Crippen molar-refractivity contribution in [1.29, 1.82) is 0 Å². The molecule has 0 aromatic rings. The number of methoxy groups -OCH3 is 1. The first kappa shape index (κ1) is 10.9. The molecule has 0 radical (unpaired) electrons. The van der Waals surface area contributed by atoms with E-state index < -0.39 is 0 Å². The third-order valence-corrected chi connectivity index (χ3v) is 1.72. The molecular formula is C8H20N2O. The number of ether oxygens (including phenoxy) is 1. The molecule has 0 amide bonds. The number of nitrogens with two attached hydrogens (primary N) is 1. The van der Waals surface area contributed by atoms with Crippen LogP contribution in [0.15, 0.2) is 0 Å². The molecule has 68 valence electrons. The van der Waals surface area contributed by atoms with E-state index in [2.05, 4.69) is 5.32 Å². The Morgan fingerprint density at radius 2 is 2.09 bits per heavy atom. The van der Waals surface area contributed by atoms with Crippen molar-refractivity contribution in [3.8, 4) is 0 Å². The number of piperidine rings is 1. The number of nitrogens with one attached hydrogen (secondary N) is 1. The van der Waals surface area contributed by atoms with E-state index in [4.69, 9.17) is 10.5 Å². The van der Waals surface area contributed by atoms with Gasteiger partial charge in [-0.3, -0.25) is 0 Å². The van der Waals surface area contributed by atoms with E-state index in [1.54, 1.807) is 7.11 Å². The molecule has 1 heterocycles. The molecule has 2 unspecified atom stereocenters. The Bertz CT molecular complexity index is 88.2. The summed E-state index contributed by atoms with van der Waals surface area (Å²) in [5, 5.41) is 3.14. The number of hydrogen-bond donors (Lipinski definition) is 2. The van der Waals surface area contributed by atoms with Gasteiger partial charge in [0.25, 0.3) is 0 Å². The summed E-state index contributed by atoms with van der Waals surface area (Å²) in [6.07, 6.45) is 2.55. The minimum Gasteiger partial charge on any atom is -0.381 e. The third kappa shape index (κ3) is 4.35. The van der Waals surface area contributed by atoms with Crippen molar-refractivity contribution < 1.29 is 4.74 Å². The van der Waals surface area contributed by atoms with Crippen LogP contribution in [0.4, 0.5) is 0 Å². The summed E-state index contributed by atoms with van der Waals surface area (Å²) in [5.74, 6) is 0. The van der Waals surface area contributed by atoms with Gasteiger partial charge in [-0.05, 0) is 13.0 Å². The van der Waals surface area contributed by atoms with Gasteiger partial charge in [0, 0.05) is 13.5 Å². The van der Waals surface area contributed by atoms with Crippen molar-refractivity contribution in [2.24, 2.45) is 5.73 Å². The highest BCUT2D eigenvalue weighted by molar-refractivity contribution is 4.73. The lowest BCUT2D eigenvalue weighted by Crippen LogP contribution is -2.46. The third-order valence-electron chi connectivity index (χ3n) is 1.72. The fraction of sp³-hybridized carbons (Fsp3) is 1.00. The summed E-state index contributed by atoms with van der Waals surface area (Å²) in [4.78, 5) is 0. The average Bonchev–Trinajstić information content (AvgIpc) is 2.08. The van der Waals surface area contributed by atoms with Gasteiger partial charge in [0.2, 0.25) is 0 Å². The van der Waals surface area contributed by atoms with E-state index in [-0.39, 0.29) is 6.17 Å². The van der Waals surface area contributed by atoms with Crippen LogP contribution in [-0.4, -0.2) is 25.9 Å². The molecule has 3 heteroatoms. The van der Waals surface area contributed by atoms with Crippen LogP contribution in [0.1, 0.15) is 26.7 Å². The second-order valence-corrected chi connectivity index (χ2v) is 2.44. The van der Waals surface area contributed by atoms with Gasteiger partial charge in [0.15, 0.2) is 0 Å². The molecule has 1 rings (SSSR count). The maximum Gasteiger partial charge on any atom is 0.0611 e. The Hall–Kier alpha value is -0.120. The van der Waals surface area contributed by atoms with E-state index in [0.29, 0.717) is 6.10 Å². The summed E-state index contributed by atoms with van der Waals surface area (Å²) >= 11 is 0. The van der Waals surface area contributed by atoms with Crippen molar-refractivity contribution >= 4 is 0 Å². The smallest absolute Gasteiger partial charge is 0.0611 e. The predicted molar refractivity (Wildman–Crippen MR) is 47.4 cm³/mol. The van der Waals surface area contributed by atoms with Gasteiger partial charge in [-0.25, -0.2) is 0 Å². The molecule has 0 aromatic heterocycles. The van der Waals surface area contributed by atoms with Crippen molar-refractivity contribution in [2.45, 2.75) is 39.0 Å². The minimum absolute atomic E-state index is 0.142. The number of hydrogen-bond acceptors (Lipinski definition) is 3. The summed E-state index contributed by atoms with van der Waals surface area (Å²) in [5.41, 5.74) is 5.61. The van der Waals surface area contributed by atoms with Crippen molar-refractivity contribution in [1.82, 2.24) is 5.32 Å². The topological polar surface area (TPSA) is 47.3 Å². The van der Waals surface area contributed by atoms with Crippen molar-refractivity contribution in [3.63, 3.8) is 0 Å². The molecule has 2 atom stereocenters. The van der Waals surface area contributed by atoms with Gasteiger partial charge in [0.05, 0.1) is 12.3 Å². The lowest BCUT2D eigenvalue weighted by Gasteiger charge is -2.26. The lowest BCUT2D eigenvalue weighted by atomic mass is 10.1. The van der Waals surface area contributed by atoms with Crippen LogP contribution in [0.3, 0.4) is 0 Å². The maximum absolute atomic E-state index is 5.61. The quantitative estimate of drug-likeness (QED) is 0.593. The zero-order valence-corrected chi connectivity index (χ0v) is 7.76. The Kier molecular flexibility index (Phi) is 6.51. The molecule has 0 saturated carbocycles. The average molecular weight is 160 g/mol. The molecule has 0 aliphatic carbocycles. The number of rotatable bonds is 1. The molecule has 0 aromatic carbocycles. The van der Waals surface area contributed by atoms with Gasteiger partial charge in [0.1, 0.15) is 0 Å². The Balaban J connectivity index is 0.000000461. The van der Waals surface area contributed by atoms with Crippen LogP contribution in [0.25, 0.3) is 0 Å². The molecule has 1 aliphatic rings. The van der Waals surface area contributed by atoms with E-state index in [9.17, 15) is 0 Å². The summed E-state index contributed by atoms with van der Waals surface area (Å²) in [7, 11) is 1.74. The molecule has 0 spiro atoms. The normalized spacial score (nSPS) is 30.5. The van der Waals surface area contributed by atoms with E-state index in [1.165, 1.54) is 0 Å². The van der Waals surface area contributed by atoms with Crippen molar-refractivity contribution in [2.75, 3.05) is 13.7 Å². The zero-order chi connectivity index (χ0) is 8.69. The van der Waals surface area contributed by atoms with Gasteiger partial charge in [-0.2, -0.15) is 0 Å². The molecule has 3 nitrogen and oxygen atoms in total. The molecule has 1 fully saturated rings. The molecule has 1 aliphatic heterocycles. The lowest BCUT2D eigenvalue weighted by molar-refractivity contribution is 0.0630. The van der Waals surface area contributed by atoms with Crippen LogP contribution in [-0.2, 0) is 4.74 Å². The first-order chi connectivity index (χ1) is 5.33. The highest BCUT2D eigenvalue weighted by Gasteiger charge is 2.16. The molecule has 0 bridgehead atoms. The van der Waals surface area contributed by atoms with Crippen LogP contribution < -0.4 is 11.1 Å². The monoisotopic (exact) mass is 160 g/mol. The summed E-state index contributed by atoms with van der Waals surface area (Å²) in [6, 6.07) is 0. The predicted octanol–water partition coefficient (Wildman–Crippen LogP) is 0.696. The van der Waals surface area contributed by atoms with Gasteiger partial charge in [-0.15, -0.1) is 0 Å². The highest BCUT2D eigenvalue weighted by atomic mass is 16.5. The fourth-order valence-corrected chi connectivity index (χ4v) is 1.13. The molecule has 3 N–H and O–H groups in total. The summed E-state index contributed by atoms with van der Waals surface area (Å²) in [6.45, 7) is 4.99. The Morgan fingerprint density at radius 3 is 2.45 bits per heavy atom. The van der Waals surface area contributed by atoms with Gasteiger partial charge < -0.3 is 15.8 Å². The van der Waals surface area contributed by atoms with E-state index in [1.807, 2.05) is 13.8 Å². The van der Waals surface area contributed by atoms with Crippen LogP contribution in [0, 0.1) is 0 Å². The van der Waals surface area contributed by atoms with Gasteiger partial charge in [-0.1, -0.05) is 13.8 Å². The second kappa shape index (κ2) is 6.58. The van der Waals surface area contributed by atoms with Crippen LogP contribution in [0.2, 0.25) is 0 Å². The van der Waals surface area contributed by atoms with Crippen LogP contribution in [0.5, 0.6) is 0 Å². The second-order valence-electron chi connectivity index (χ2n) is 2.44. The largest absolute Gasteiger partial charge is 0.381 e. The van der Waals surface area contributed by atoms with Crippen LogP contribution >= 0.6 is 0 Å². The first-order valence-corrected chi connectivity index (χ1v) is 4.34. The minimum atomic E-state index is 0.142. The van der Waals surface area contributed by atoms with Gasteiger partial charge >= 0.3 is 0 Å². The highest BCUT2D eigenvalue weighted by Crippen LogP contribution is 2.07. The zero-order valence-electron chi connectivity index (χ0n) is 7.76. The van der Waals surface area contributed by atoms with E-state index >= 15 is 0 Å². The molecule has 1 saturated heterocycles. The summed E-state index contributed by atoms with van der Waals surface area (Å²) < 4.78 is 5.14. The standard InChI is InChI=1S/C6H14N2O.C2H6/c1-9-5-2-3-8-6(7)4-5;1-2/h5-6,8H,2-4,7H2,1H3;1-2H3. The Morgan fingerprint density at radius 1 is 1.45 bits per heavy atom. The Labute approximate surface area is 69.3 Å². The molecular weight excluding hydrogens is 140 g/mol. The van der Waals surface area contributed by atoms with Crippen molar-refractivity contribution in [3.05, 3.63) is 0 Å².